The molecule has 0 aliphatic heterocycles. The lowest BCUT2D eigenvalue weighted by atomic mass is 10.1. The quantitative estimate of drug-likeness (QED) is 0.611. The van der Waals surface area contributed by atoms with Crippen LogP contribution in [0.25, 0.3) is 12.2 Å². The van der Waals surface area contributed by atoms with E-state index < -0.39 is 9.85 Å². The van der Waals surface area contributed by atoms with Gasteiger partial charge in [-0.1, -0.05) is 17.3 Å². The average molecular weight is 354 g/mol. The maximum absolute atomic E-state index is 10.9. The Labute approximate surface area is 126 Å². The van der Waals surface area contributed by atoms with E-state index >= 15 is 0 Å². The molecule has 0 saturated heterocycles. The van der Waals surface area contributed by atoms with Crippen molar-refractivity contribution in [1.29, 1.82) is 0 Å². The van der Waals surface area contributed by atoms with Crippen LogP contribution in [-0.2, 0) is 0 Å². The number of hydrogen-bond donors (Lipinski definition) is 0. The zero-order chi connectivity index (χ0) is 15.6. The smallest absolute Gasteiger partial charge is 0.338 e. The predicted molar refractivity (Wildman–Crippen MR) is 77.6 cm³/mol. The number of benzene rings is 1. The number of aryl methyl sites for hydroxylation is 1. The van der Waals surface area contributed by atoms with E-state index in [1.165, 1.54) is 31.2 Å². The summed E-state index contributed by atoms with van der Waals surface area (Å²) in [6.07, 6.45) is 2.83. The molecule has 0 unspecified atom stereocenters. The van der Waals surface area contributed by atoms with Crippen molar-refractivity contribution in [2.24, 2.45) is 0 Å². The minimum absolute atomic E-state index is 0.0110. The molecule has 0 atom stereocenters. The van der Waals surface area contributed by atoms with Crippen LogP contribution in [0.2, 0.25) is 0 Å². The van der Waals surface area contributed by atoms with Gasteiger partial charge in [-0.05, 0) is 40.6 Å². The van der Waals surface area contributed by atoms with E-state index in [-0.39, 0.29) is 22.8 Å². The van der Waals surface area contributed by atoms with Gasteiger partial charge < -0.3 is 4.52 Å². The third kappa shape index (κ3) is 3.14. The molecular weight excluding hydrogens is 346 g/mol. The van der Waals surface area contributed by atoms with Crippen LogP contribution in [0.3, 0.4) is 0 Å². The molecule has 0 amide bonds. The van der Waals surface area contributed by atoms with E-state index in [9.17, 15) is 20.2 Å². The monoisotopic (exact) mass is 353 g/mol. The van der Waals surface area contributed by atoms with Crippen molar-refractivity contribution < 1.29 is 14.4 Å². The average Bonchev–Trinajstić information content (AvgIpc) is 2.78. The second-order valence-corrected chi connectivity index (χ2v) is 4.89. The fourth-order valence-electron chi connectivity index (χ4n) is 1.66. The van der Waals surface area contributed by atoms with E-state index in [0.29, 0.717) is 10.0 Å². The molecule has 108 valence electrons. The van der Waals surface area contributed by atoms with Crippen LogP contribution < -0.4 is 0 Å². The first-order valence-electron chi connectivity index (χ1n) is 5.63. The molecule has 1 aromatic carbocycles. The second-order valence-electron chi connectivity index (χ2n) is 4.04. The molecule has 2 aromatic rings. The van der Waals surface area contributed by atoms with Crippen LogP contribution in [0.15, 0.2) is 27.2 Å². The lowest BCUT2D eigenvalue weighted by Crippen LogP contribution is -1.90. The van der Waals surface area contributed by atoms with Crippen LogP contribution in [0.4, 0.5) is 11.4 Å². The Morgan fingerprint density at radius 2 is 1.95 bits per heavy atom. The van der Waals surface area contributed by atoms with Gasteiger partial charge in [0.05, 0.1) is 14.3 Å². The number of aromatic nitrogens is 1. The Hall–Kier alpha value is -2.55. The van der Waals surface area contributed by atoms with Gasteiger partial charge in [-0.2, -0.15) is 0 Å². The van der Waals surface area contributed by atoms with Gasteiger partial charge in [0.15, 0.2) is 5.69 Å². The van der Waals surface area contributed by atoms with Gasteiger partial charge in [-0.3, -0.25) is 20.2 Å². The maximum atomic E-state index is 10.9. The second kappa shape index (κ2) is 5.83. The number of rotatable bonds is 4. The summed E-state index contributed by atoms with van der Waals surface area (Å²) in [5.41, 5.74) is 0.355. The highest BCUT2D eigenvalue weighted by molar-refractivity contribution is 9.10. The van der Waals surface area contributed by atoms with E-state index in [1.807, 2.05) is 0 Å². The third-order valence-corrected chi connectivity index (χ3v) is 3.30. The number of hydrogen-bond acceptors (Lipinski definition) is 6. The van der Waals surface area contributed by atoms with Gasteiger partial charge in [0, 0.05) is 6.07 Å². The van der Waals surface area contributed by atoms with Gasteiger partial charge in [-0.25, -0.2) is 0 Å². The molecular formula is C12H8BrN3O5. The van der Waals surface area contributed by atoms with Crippen LogP contribution in [-0.4, -0.2) is 15.0 Å². The molecule has 21 heavy (non-hydrogen) atoms. The summed E-state index contributed by atoms with van der Waals surface area (Å²) in [4.78, 5) is 20.6. The summed E-state index contributed by atoms with van der Waals surface area (Å²) in [5, 5.41) is 25.2. The van der Waals surface area contributed by atoms with Crippen molar-refractivity contribution >= 4 is 39.5 Å². The largest absolute Gasteiger partial charge is 0.349 e. The van der Waals surface area contributed by atoms with Crippen LogP contribution in [0, 0.1) is 27.2 Å². The number of halogens is 1. The summed E-state index contributed by atoms with van der Waals surface area (Å²) in [5.74, 6) is -0.0110. The molecule has 0 N–H and O–H groups in total. The molecule has 1 heterocycles. The molecule has 2 rings (SSSR count). The Balaban J connectivity index is 2.36. The standard InChI is InChI=1S/C12H8BrN3O5/c1-7-12(16(19)20)11(21-14-7)5-3-8-2-4-9(13)10(6-8)15(17)18/h2-6H,1H3/b5-3+. The molecule has 0 aliphatic carbocycles. The van der Waals surface area contributed by atoms with E-state index in [4.69, 9.17) is 4.52 Å². The van der Waals surface area contributed by atoms with Gasteiger partial charge in [0.25, 0.3) is 5.69 Å². The van der Waals surface area contributed by atoms with Crippen LogP contribution >= 0.6 is 15.9 Å². The zero-order valence-electron chi connectivity index (χ0n) is 10.6. The Morgan fingerprint density at radius 1 is 1.24 bits per heavy atom. The molecule has 0 saturated carbocycles. The molecule has 0 spiro atoms. The highest BCUT2D eigenvalue weighted by atomic mass is 79.9. The van der Waals surface area contributed by atoms with Gasteiger partial charge in [0.2, 0.25) is 5.76 Å². The number of nitrogens with zero attached hydrogens (tertiary/aromatic N) is 3. The molecule has 0 bridgehead atoms. The summed E-state index contributed by atoms with van der Waals surface area (Å²) < 4.78 is 5.21. The minimum Gasteiger partial charge on any atom is -0.349 e. The zero-order valence-corrected chi connectivity index (χ0v) is 12.2. The van der Waals surface area contributed by atoms with Crippen molar-refractivity contribution in [3.63, 3.8) is 0 Å². The Morgan fingerprint density at radius 3 is 2.57 bits per heavy atom. The summed E-state index contributed by atoms with van der Waals surface area (Å²) >= 11 is 3.08. The minimum atomic E-state index is -0.588. The van der Waals surface area contributed by atoms with Crippen molar-refractivity contribution in [3.8, 4) is 0 Å². The third-order valence-electron chi connectivity index (χ3n) is 2.63. The van der Waals surface area contributed by atoms with E-state index in [0.717, 1.165) is 0 Å². The number of nitro groups is 2. The van der Waals surface area contributed by atoms with Gasteiger partial charge in [-0.15, -0.1) is 0 Å². The van der Waals surface area contributed by atoms with Crippen molar-refractivity contribution in [1.82, 2.24) is 5.16 Å². The molecule has 0 fully saturated rings. The predicted octanol–water partition coefficient (Wildman–Crippen LogP) is 3.73. The lowest BCUT2D eigenvalue weighted by molar-refractivity contribution is -0.386. The summed E-state index contributed by atoms with van der Waals surface area (Å²) in [6.45, 7) is 1.46. The fraction of sp³-hybridized carbons (Fsp3) is 0.0833. The SMILES string of the molecule is Cc1noc(/C=C/c2ccc(Br)c([N+](=O)[O-])c2)c1[N+](=O)[O-]. The molecule has 8 nitrogen and oxygen atoms in total. The van der Waals surface area contributed by atoms with Crippen molar-refractivity contribution in [2.75, 3.05) is 0 Å². The fourth-order valence-corrected chi connectivity index (χ4v) is 2.05. The van der Waals surface area contributed by atoms with Crippen molar-refractivity contribution in [2.45, 2.75) is 6.92 Å². The summed E-state index contributed by atoms with van der Waals surface area (Å²) in [6, 6.07) is 4.50. The molecule has 9 heteroatoms. The van der Waals surface area contributed by atoms with Crippen molar-refractivity contribution in [3.05, 3.63) is 59.9 Å². The normalized spacial score (nSPS) is 11.0. The molecule has 0 radical (unpaired) electrons. The lowest BCUT2D eigenvalue weighted by Gasteiger charge is -1.97. The van der Waals surface area contributed by atoms with Gasteiger partial charge in [0.1, 0.15) is 0 Å². The Bertz CT molecular complexity index is 753. The first-order valence-corrected chi connectivity index (χ1v) is 6.42. The van der Waals surface area contributed by atoms with E-state index in [2.05, 4.69) is 21.1 Å². The Kier molecular flexibility index (Phi) is 4.13. The highest BCUT2D eigenvalue weighted by Gasteiger charge is 2.22. The first-order chi connectivity index (χ1) is 9.90. The van der Waals surface area contributed by atoms with Crippen LogP contribution in [0.5, 0.6) is 0 Å². The topological polar surface area (TPSA) is 112 Å². The molecule has 1 aromatic heterocycles. The number of nitro benzene ring substituents is 1. The van der Waals surface area contributed by atoms with Crippen LogP contribution in [0.1, 0.15) is 17.0 Å². The summed E-state index contributed by atoms with van der Waals surface area (Å²) in [7, 11) is 0. The first kappa shape index (κ1) is 14.9. The van der Waals surface area contributed by atoms with E-state index in [1.54, 1.807) is 6.07 Å². The highest BCUT2D eigenvalue weighted by Crippen LogP contribution is 2.28. The maximum Gasteiger partial charge on any atom is 0.338 e. The molecule has 0 aliphatic rings. The van der Waals surface area contributed by atoms with Gasteiger partial charge >= 0.3 is 5.69 Å².